The number of rotatable bonds is 3. The third-order valence-corrected chi connectivity index (χ3v) is 3.19. The fraction of sp³-hybridized carbons (Fsp3) is 0.615. The number of carbonyl (C=O) groups excluding carboxylic acids is 1. The van der Waals surface area contributed by atoms with E-state index in [1.807, 2.05) is 18.7 Å². The quantitative estimate of drug-likeness (QED) is 0.825. The monoisotopic (exact) mass is 264 g/mol. The Morgan fingerprint density at radius 3 is 3.05 bits per heavy atom. The smallest absolute Gasteiger partial charge is 0.310 e. The van der Waals surface area contributed by atoms with Gasteiger partial charge in [-0.05, 0) is 26.7 Å². The zero-order chi connectivity index (χ0) is 13.8. The van der Waals surface area contributed by atoms with E-state index in [0.29, 0.717) is 24.9 Å². The lowest BCUT2D eigenvalue weighted by Crippen LogP contribution is -2.40. The summed E-state index contributed by atoms with van der Waals surface area (Å²) in [4.78, 5) is 22.4. The number of nitrogen functional groups attached to an aromatic ring is 1. The molecule has 104 valence electrons. The molecule has 0 amide bonds. The molecule has 1 atom stereocenters. The molecule has 1 aromatic heterocycles. The first-order valence-corrected chi connectivity index (χ1v) is 6.63. The van der Waals surface area contributed by atoms with Crippen LogP contribution in [-0.2, 0) is 9.53 Å². The SMILES string of the molecule is CCOC(=O)C1CCCN(c2nc(C)cc(N)n2)C1. The normalized spacial score (nSPS) is 19.3. The summed E-state index contributed by atoms with van der Waals surface area (Å²) in [6, 6.07) is 1.73. The Balaban J connectivity index is 2.10. The lowest BCUT2D eigenvalue weighted by Gasteiger charge is -2.31. The van der Waals surface area contributed by atoms with Crippen LogP contribution in [0.2, 0.25) is 0 Å². The van der Waals surface area contributed by atoms with Gasteiger partial charge < -0.3 is 15.4 Å². The molecule has 2 N–H and O–H groups in total. The van der Waals surface area contributed by atoms with Crippen molar-refractivity contribution in [3.05, 3.63) is 11.8 Å². The van der Waals surface area contributed by atoms with Crippen molar-refractivity contribution in [3.63, 3.8) is 0 Å². The molecule has 0 radical (unpaired) electrons. The second-order valence-corrected chi connectivity index (χ2v) is 4.77. The predicted octanol–water partition coefficient (Wildman–Crippen LogP) is 1.15. The highest BCUT2D eigenvalue weighted by atomic mass is 16.5. The number of hydrogen-bond donors (Lipinski definition) is 1. The summed E-state index contributed by atoms with van der Waals surface area (Å²) in [7, 11) is 0. The van der Waals surface area contributed by atoms with Crippen molar-refractivity contribution in [3.8, 4) is 0 Å². The summed E-state index contributed by atoms with van der Waals surface area (Å²) < 4.78 is 5.08. The Bertz CT molecular complexity index is 444. The first kappa shape index (κ1) is 13.6. The standard InChI is InChI=1S/C13H20N4O2/c1-3-19-12(18)10-5-4-6-17(8-10)13-15-9(2)7-11(14)16-13/h7,10H,3-6,8H2,1-2H3,(H2,14,15,16). The van der Waals surface area contributed by atoms with Crippen molar-refractivity contribution in [1.82, 2.24) is 9.97 Å². The molecule has 19 heavy (non-hydrogen) atoms. The summed E-state index contributed by atoms with van der Waals surface area (Å²) in [6.45, 7) is 5.57. The highest BCUT2D eigenvalue weighted by Gasteiger charge is 2.28. The Morgan fingerprint density at radius 1 is 1.58 bits per heavy atom. The van der Waals surface area contributed by atoms with Gasteiger partial charge in [0.15, 0.2) is 0 Å². The van der Waals surface area contributed by atoms with Crippen molar-refractivity contribution in [1.29, 1.82) is 0 Å². The summed E-state index contributed by atoms with van der Waals surface area (Å²) >= 11 is 0. The van der Waals surface area contributed by atoms with E-state index in [1.54, 1.807) is 6.07 Å². The van der Waals surface area contributed by atoms with Gasteiger partial charge in [0.05, 0.1) is 12.5 Å². The Kier molecular flexibility index (Phi) is 4.19. The van der Waals surface area contributed by atoms with Gasteiger partial charge in [-0.15, -0.1) is 0 Å². The zero-order valence-corrected chi connectivity index (χ0v) is 11.4. The fourth-order valence-corrected chi connectivity index (χ4v) is 2.33. The van der Waals surface area contributed by atoms with Gasteiger partial charge in [-0.25, -0.2) is 4.98 Å². The summed E-state index contributed by atoms with van der Waals surface area (Å²) in [5, 5.41) is 0. The van der Waals surface area contributed by atoms with Gasteiger partial charge in [0.2, 0.25) is 5.95 Å². The molecule has 6 heteroatoms. The maximum Gasteiger partial charge on any atom is 0.310 e. The fourth-order valence-electron chi connectivity index (χ4n) is 2.33. The first-order chi connectivity index (χ1) is 9.10. The number of hydrogen-bond acceptors (Lipinski definition) is 6. The Labute approximate surface area is 113 Å². The van der Waals surface area contributed by atoms with E-state index in [-0.39, 0.29) is 11.9 Å². The maximum atomic E-state index is 11.8. The van der Waals surface area contributed by atoms with E-state index in [9.17, 15) is 4.79 Å². The van der Waals surface area contributed by atoms with Crippen LogP contribution in [-0.4, -0.2) is 35.6 Å². The lowest BCUT2D eigenvalue weighted by atomic mass is 9.98. The largest absolute Gasteiger partial charge is 0.466 e. The number of ether oxygens (including phenoxy) is 1. The zero-order valence-electron chi connectivity index (χ0n) is 11.4. The summed E-state index contributed by atoms with van der Waals surface area (Å²) in [5.74, 6) is 0.833. The number of nitrogens with zero attached hydrogens (tertiary/aromatic N) is 3. The highest BCUT2D eigenvalue weighted by molar-refractivity contribution is 5.73. The van der Waals surface area contributed by atoms with Crippen LogP contribution in [0.15, 0.2) is 6.07 Å². The van der Waals surface area contributed by atoms with Crippen LogP contribution < -0.4 is 10.6 Å². The molecule has 1 aromatic rings. The molecular weight excluding hydrogens is 244 g/mol. The second kappa shape index (κ2) is 5.86. The molecule has 1 aliphatic rings. The van der Waals surface area contributed by atoms with E-state index < -0.39 is 0 Å². The van der Waals surface area contributed by atoms with Crippen LogP contribution in [0.5, 0.6) is 0 Å². The average molecular weight is 264 g/mol. The number of anilines is 2. The number of piperidine rings is 1. The summed E-state index contributed by atoms with van der Waals surface area (Å²) in [6.07, 6.45) is 1.79. The molecule has 2 rings (SSSR count). The maximum absolute atomic E-state index is 11.8. The Hall–Kier alpha value is -1.85. The molecule has 0 aliphatic carbocycles. The number of aromatic nitrogens is 2. The van der Waals surface area contributed by atoms with Gasteiger partial charge >= 0.3 is 5.97 Å². The lowest BCUT2D eigenvalue weighted by molar-refractivity contribution is -0.148. The highest BCUT2D eigenvalue weighted by Crippen LogP contribution is 2.22. The molecule has 2 heterocycles. The minimum Gasteiger partial charge on any atom is -0.466 e. The van der Waals surface area contributed by atoms with Crippen molar-refractivity contribution in [2.24, 2.45) is 5.92 Å². The van der Waals surface area contributed by atoms with Crippen LogP contribution in [0, 0.1) is 12.8 Å². The van der Waals surface area contributed by atoms with Gasteiger partial charge in [0.25, 0.3) is 0 Å². The van der Waals surface area contributed by atoms with Crippen molar-refractivity contribution >= 4 is 17.7 Å². The van der Waals surface area contributed by atoms with Crippen molar-refractivity contribution < 1.29 is 9.53 Å². The number of esters is 1. The molecule has 0 bridgehead atoms. The van der Waals surface area contributed by atoms with Gasteiger partial charge in [-0.1, -0.05) is 0 Å². The van der Waals surface area contributed by atoms with Crippen LogP contribution in [0.3, 0.4) is 0 Å². The van der Waals surface area contributed by atoms with Gasteiger partial charge in [0.1, 0.15) is 5.82 Å². The van der Waals surface area contributed by atoms with E-state index >= 15 is 0 Å². The number of carbonyl (C=O) groups is 1. The minimum absolute atomic E-state index is 0.0981. The molecule has 1 aliphatic heterocycles. The molecular formula is C13H20N4O2. The van der Waals surface area contributed by atoms with E-state index in [2.05, 4.69) is 9.97 Å². The topological polar surface area (TPSA) is 81.3 Å². The molecule has 0 saturated carbocycles. The Morgan fingerprint density at radius 2 is 2.37 bits per heavy atom. The molecule has 1 fully saturated rings. The van der Waals surface area contributed by atoms with E-state index in [1.165, 1.54) is 0 Å². The van der Waals surface area contributed by atoms with Crippen molar-refractivity contribution in [2.45, 2.75) is 26.7 Å². The van der Waals surface area contributed by atoms with Crippen molar-refractivity contribution in [2.75, 3.05) is 30.3 Å². The van der Waals surface area contributed by atoms with Crippen LogP contribution in [0.1, 0.15) is 25.5 Å². The van der Waals surface area contributed by atoms with Gasteiger partial charge in [0, 0.05) is 24.8 Å². The molecule has 0 spiro atoms. The number of nitrogens with two attached hydrogens (primary N) is 1. The van der Waals surface area contributed by atoms with Gasteiger partial charge in [-0.2, -0.15) is 4.98 Å². The van der Waals surface area contributed by atoms with E-state index in [0.717, 1.165) is 25.1 Å². The van der Waals surface area contributed by atoms with Crippen LogP contribution >= 0.6 is 0 Å². The molecule has 1 unspecified atom stereocenters. The average Bonchev–Trinajstić information content (AvgIpc) is 2.38. The van der Waals surface area contributed by atoms with E-state index in [4.69, 9.17) is 10.5 Å². The van der Waals surface area contributed by atoms with Crippen LogP contribution in [0.4, 0.5) is 11.8 Å². The summed E-state index contributed by atoms with van der Waals surface area (Å²) in [5.41, 5.74) is 6.57. The van der Waals surface area contributed by atoms with Crippen LogP contribution in [0.25, 0.3) is 0 Å². The number of aryl methyl sites for hydroxylation is 1. The van der Waals surface area contributed by atoms with Gasteiger partial charge in [-0.3, -0.25) is 4.79 Å². The predicted molar refractivity (Wildman–Crippen MR) is 72.8 cm³/mol. The first-order valence-electron chi connectivity index (χ1n) is 6.63. The second-order valence-electron chi connectivity index (χ2n) is 4.77. The third kappa shape index (κ3) is 3.33. The molecule has 6 nitrogen and oxygen atoms in total. The third-order valence-electron chi connectivity index (χ3n) is 3.19. The molecule has 1 saturated heterocycles. The minimum atomic E-state index is -0.132. The molecule has 0 aromatic carbocycles.